The smallest absolute Gasteiger partial charge is 0.123 e. The van der Waals surface area contributed by atoms with Gasteiger partial charge < -0.3 is 5.73 Å². The lowest BCUT2D eigenvalue weighted by Gasteiger charge is -2.45. The van der Waals surface area contributed by atoms with Gasteiger partial charge in [0, 0.05) is 12.1 Å². The number of rotatable bonds is 4. The van der Waals surface area contributed by atoms with Gasteiger partial charge in [-0.3, -0.25) is 4.90 Å². The third-order valence-electron chi connectivity index (χ3n) is 4.37. The summed E-state index contributed by atoms with van der Waals surface area (Å²) < 4.78 is 12.9. The van der Waals surface area contributed by atoms with Gasteiger partial charge in [0.1, 0.15) is 5.82 Å². The van der Waals surface area contributed by atoms with Gasteiger partial charge in [-0.25, -0.2) is 4.39 Å². The van der Waals surface area contributed by atoms with E-state index in [0.29, 0.717) is 6.54 Å². The van der Waals surface area contributed by atoms with Crippen molar-refractivity contribution in [2.75, 3.05) is 20.1 Å². The molecule has 1 heterocycles. The van der Waals surface area contributed by atoms with E-state index in [9.17, 15) is 4.39 Å². The van der Waals surface area contributed by atoms with Crippen LogP contribution in [0.5, 0.6) is 0 Å². The molecule has 18 heavy (non-hydrogen) atoms. The van der Waals surface area contributed by atoms with Gasteiger partial charge in [0.2, 0.25) is 0 Å². The Kier molecular flexibility index (Phi) is 4.36. The quantitative estimate of drug-likeness (QED) is 0.890. The number of hydrogen-bond donors (Lipinski definition) is 1. The predicted octanol–water partition coefficient (Wildman–Crippen LogP) is 2.57. The molecule has 0 radical (unpaired) electrons. The fourth-order valence-electron chi connectivity index (χ4n) is 2.93. The minimum absolute atomic E-state index is 0.145. The van der Waals surface area contributed by atoms with Crippen LogP contribution in [0.2, 0.25) is 0 Å². The zero-order chi connectivity index (χ0) is 13.0. The van der Waals surface area contributed by atoms with Crippen molar-refractivity contribution in [1.29, 1.82) is 0 Å². The summed E-state index contributed by atoms with van der Waals surface area (Å²) in [6, 6.07) is 6.83. The fraction of sp³-hybridized carbons (Fsp3) is 0.600. The number of nitrogens with two attached hydrogens (primary N) is 1. The predicted molar refractivity (Wildman–Crippen MR) is 73.0 cm³/mol. The summed E-state index contributed by atoms with van der Waals surface area (Å²) in [7, 11) is 2.18. The number of likely N-dealkylation sites (tertiary alicyclic amines) is 1. The maximum atomic E-state index is 12.9. The molecule has 1 aromatic rings. The molecule has 1 fully saturated rings. The lowest BCUT2D eigenvalue weighted by Crippen LogP contribution is -2.54. The average Bonchev–Trinajstić information content (AvgIpc) is 2.40. The molecule has 2 nitrogen and oxygen atoms in total. The summed E-state index contributed by atoms with van der Waals surface area (Å²) in [5.41, 5.74) is 7.36. The normalized spacial score (nSPS) is 25.3. The molecule has 1 aliphatic rings. The van der Waals surface area contributed by atoms with Crippen LogP contribution in [-0.2, 0) is 6.42 Å². The van der Waals surface area contributed by atoms with Crippen LogP contribution in [0.25, 0.3) is 0 Å². The Bertz CT molecular complexity index is 377. The van der Waals surface area contributed by atoms with Gasteiger partial charge in [0.05, 0.1) is 0 Å². The summed E-state index contributed by atoms with van der Waals surface area (Å²) in [4.78, 5) is 2.42. The maximum Gasteiger partial charge on any atom is 0.123 e. The van der Waals surface area contributed by atoms with E-state index in [-0.39, 0.29) is 11.4 Å². The number of likely N-dealkylation sites (N-methyl/N-ethyl adjacent to an activating group) is 1. The van der Waals surface area contributed by atoms with Gasteiger partial charge >= 0.3 is 0 Å². The highest BCUT2D eigenvalue weighted by molar-refractivity contribution is 5.17. The second-order valence-corrected chi connectivity index (χ2v) is 5.43. The van der Waals surface area contributed by atoms with Crippen LogP contribution in [-0.4, -0.2) is 30.6 Å². The average molecular weight is 250 g/mol. The summed E-state index contributed by atoms with van der Waals surface area (Å²) in [6.45, 7) is 1.85. The van der Waals surface area contributed by atoms with Crippen LogP contribution < -0.4 is 5.73 Å². The molecule has 0 amide bonds. The minimum atomic E-state index is -0.165. The molecular weight excluding hydrogens is 227 g/mol. The van der Waals surface area contributed by atoms with E-state index in [0.717, 1.165) is 19.4 Å². The van der Waals surface area contributed by atoms with Gasteiger partial charge in [-0.15, -0.1) is 0 Å². The Morgan fingerprint density at radius 1 is 1.28 bits per heavy atom. The van der Waals surface area contributed by atoms with Crippen molar-refractivity contribution < 1.29 is 4.39 Å². The number of aryl methyl sites for hydroxylation is 1. The fourth-order valence-corrected chi connectivity index (χ4v) is 2.93. The number of halogens is 1. The first-order valence-electron chi connectivity index (χ1n) is 6.82. The zero-order valence-electron chi connectivity index (χ0n) is 11.2. The molecule has 3 heteroatoms. The van der Waals surface area contributed by atoms with Crippen molar-refractivity contribution in [3.8, 4) is 0 Å². The molecule has 100 valence electrons. The van der Waals surface area contributed by atoms with Crippen molar-refractivity contribution in [3.05, 3.63) is 35.6 Å². The van der Waals surface area contributed by atoms with Crippen molar-refractivity contribution in [3.63, 3.8) is 0 Å². The Morgan fingerprint density at radius 3 is 2.61 bits per heavy atom. The Morgan fingerprint density at radius 2 is 2.00 bits per heavy atom. The van der Waals surface area contributed by atoms with Crippen LogP contribution in [0.3, 0.4) is 0 Å². The summed E-state index contributed by atoms with van der Waals surface area (Å²) in [5.74, 6) is -0.165. The van der Waals surface area contributed by atoms with Crippen LogP contribution in [0, 0.1) is 5.82 Å². The Balaban J connectivity index is 2.00. The molecule has 0 aliphatic carbocycles. The van der Waals surface area contributed by atoms with E-state index in [4.69, 9.17) is 5.73 Å². The van der Waals surface area contributed by atoms with E-state index in [1.54, 1.807) is 0 Å². The van der Waals surface area contributed by atoms with E-state index < -0.39 is 0 Å². The summed E-state index contributed by atoms with van der Waals surface area (Å²) in [5, 5.41) is 0. The van der Waals surface area contributed by atoms with Crippen LogP contribution >= 0.6 is 0 Å². The van der Waals surface area contributed by atoms with Gasteiger partial charge in [-0.1, -0.05) is 18.6 Å². The number of hydrogen-bond acceptors (Lipinski definition) is 2. The largest absolute Gasteiger partial charge is 0.329 e. The molecular formula is C15H23FN2. The van der Waals surface area contributed by atoms with Crippen LogP contribution in [0.4, 0.5) is 4.39 Å². The first kappa shape index (κ1) is 13.5. The third kappa shape index (κ3) is 2.90. The molecule has 0 spiro atoms. The second kappa shape index (κ2) is 5.81. The standard InChI is InChI=1S/C15H23FN2/c1-18-11-3-2-9-15(18,12-17)10-8-13-4-6-14(16)7-5-13/h4-7H,2-3,8-12,17H2,1H3. The highest BCUT2D eigenvalue weighted by atomic mass is 19.1. The second-order valence-electron chi connectivity index (χ2n) is 5.43. The van der Waals surface area contributed by atoms with Crippen molar-refractivity contribution in [2.45, 2.75) is 37.6 Å². The van der Waals surface area contributed by atoms with E-state index in [1.807, 2.05) is 12.1 Å². The maximum absolute atomic E-state index is 12.9. The first-order chi connectivity index (χ1) is 8.66. The highest BCUT2D eigenvalue weighted by Crippen LogP contribution is 2.30. The topological polar surface area (TPSA) is 29.3 Å². The molecule has 1 atom stereocenters. The molecule has 1 saturated heterocycles. The molecule has 2 rings (SSSR count). The first-order valence-corrected chi connectivity index (χ1v) is 6.82. The van der Waals surface area contributed by atoms with Gasteiger partial charge in [0.15, 0.2) is 0 Å². The van der Waals surface area contributed by atoms with E-state index in [2.05, 4.69) is 11.9 Å². The molecule has 1 aliphatic heterocycles. The molecule has 0 bridgehead atoms. The van der Waals surface area contributed by atoms with Crippen LogP contribution in [0.1, 0.15) is 31.2 Å². The lowest BCUT2D eigenvalue weighted by atomic mass is 9.82. The Labute approximate surface area is 109 Å². The summed E-state index contributed by atoms with van der Waals surface area (Å²) in [6.07, 6.45) is 5.76. The molecule has 0 saturated carbocycles. The highest BCUT2D eigenvalue weighted by Gasteiger charge is 2.34. The van der Waals surface area contributed by atoms with Crippen molar-refractivity contribution in [1.82, 2.24) is 4.90 Å². The monoisotopic (exact) mass is 250 g/mol. The van der Waals surface area contributed by atoms with Gasteiger partial charge in [0.25, 0.3) is 0 Å². The SMILES string of the molecule is CN1CCCCC1(CN)CCc1ccc(F)cc1. The van der Waals surface area contributed by atoms with Gasteiger partial charge in [-0.2, -0.15) is 0 Å². The van der Waals surface area contributed by atoms with Crippen LogP contribution in [0.15, 0.2) is 24.3 Å². The molecule has 1 unspecified atom stereocenters. The van der Waals surface area contributed by atoms with Gasteiger partial charge in [-0.05, 0) is 57.0 Å². The molecule has 0 aromatic heterocycles. The van der Waals surface area contributed by atoms with E-state index in [1.165, 1.54) is 37.0 Å². The molecule has 2 N–H and O–H groups in total. The number of nitrogens with zero attached hydrogens (tertiary/aromatic N) is 1. The van der Waals surface area contributed by atoms with Crippen molar-refractivity contribution >= 4 is 0 Å². The third-order valence-corrected chi connectivity index (χ3v) is 4.37. The molecule has 1 aromatic carbocycles. The zero-order valence-corrected chi connectivity index (χ0v) is 11.2. The number of benzene rings is 1. The number of piperidine rings is 1. The Hall–Kier alpha value is -0.930. The van der Waals surface area contributed by atoms with Crippen molar-refractivity contribution in [2.24, 2.45) is 5.73 Å². The minimum Gasteiger partial charge on any atom is -0.329 e. The lowest BCUT2D eigenvalue weighted by molar-refractivity contribution is 0.0722. The summed E-state index contributed by atoms with van der Waals surface area (Å²) >= 11 is 0. The van der Waals surface area contributed by atoms with E-state index >= 15 is 0 Å².